The van der Waals surface area contributed by atoms with Crippen LogP contribution in [0.5, 0.6) is 0 Å². The molecule has 1 aromatic carbocycles. The zero-order valence-electron chi connectivity index (χ0n) is 12.3. The Labute approximate surface area is 125 Å². The maximum absolute atomic E-state index is 12.3. The molecule has 5 nitrogen and oxygen atoms in total. The summed E-state index contributed by atoms with van der Waals surface area (Å²) in [5, 5.41) is 11.9. The predicted octanol–water partition coefficient (Wildman–Crippen LogP) is 2.96. The quantitative estimate of drug-likeness (QED) is 0.791. The zero-order chi connectivity index (χ0) is 15.2. The van der Waals surface area contributed by atoms with E-state index in [1.54, 1.807) is 4.90 Å². The van der Waals surface area contributed by atoms with E-state index in [-0.39, 0.29) is 18.4 Å². The van der Waals surface area contributed by atoms with Crippen LogP contribution < -0.4 is 10.2 Å². The first-order valence-electron chi connectivity index (χ1n) is 7.49. The summed E-state index contributed by atoms with van der Waals surface area (Å²) in [6.45, 7) is 3.22. The molecule has 0 fully saturated rings. The molecule has 1 aromatic rings. The molecule has 2 rings (SSSR count). The minimum Gasteiger partial charge on any atom is -0.481 e. The van der Waals surface area contributed by atoms with E-state index in [4.69, 9.17) is 5.11 Å². The Kier molecular flexibility index (Phi) is 5.20. The molecule has 0 spiro atoms. The molecule has 114 valence electrons. The van der Waals surface area contributed by atoms with Crippen LogP contribution in [0.4, 0.5) is 10.5 Å². The van der Waals surface area contributed by atoms with Gasteiger partial charge in [-0.3, -0.25) is 9.69 Å². The first kappa shape index (κ1) is 15.4. The molecule has 1 unspecified atom stereocenters. The summed E-state index contributed by atoms with van der Waals surface area (Å²) < 4.78 is 0. The number of carbonyl (C=O) groups is 2. The number of carboxylic acids is 1. The number of rotatable bonds is 6. The number of hydrogen-bond donors (Lipinski definition) is 2. The van der Waals surface area contributed by atoms with E-state index in [0.29, 0.717) is 13.1 Å². The van der Waals surface area contributed by atoms with Crippen molar-refractivity contribution in [2.45, 2.75) is 38.5 Å². The number of anilines is 1. The lowest BCUT2D eigenvalue weighted by atomic mass is 9.98. The molecule has 0 saturated carbocycles. The number of nitrogens with one attached hydrogen (secondary N) is 1. The SMILES string of the molecule is CCCCCNC(=O)N1CC(CC(=O)O)c2ccccc21. The Morgan fingerprint density at radius 2 is 2.10 bits per heavy atom. The molecule has 2 amide bonds. The monoisotopic (exact) mass is 290 g/mol. The number of para-hydroxylation sites is 1. The van der Waals surface area contributed by atoms with Crippen molar-refractivity contribution in [2.24, 2.45) is 0 Å². The van der Waals surface area contributed by atoms with Crippen molar-refractivity contribution in [3.8, 4) is 0 Å². The van der Waals surface area contributed by atoms with E-state index < -0.39 is 5.97 Å². The number of unbranched alkanes of at least 4 members (excludes halogenated alkanes) is 2. The van der Waals surface area contributed by atoms with Gasteiger partial charge in [0.25, 0.3) is 0 Å². The number of benzene rings is 1. The van der Waals surface area contributed by atoms with E-state index in [1.807, 2.05) is 24.3 Å². The largest absolute Gasteiger partial charge is 0.481 e. The molecule has 1 heterocycles. The van der Waals surface area contributed by atoms with Gasteiger partial charge in [0.2, 0.25) is 0 Å². The van der Waals surface area contributed by atoms with Crippen molar-refractivity contribution < 1.29 is 14.7 Å². The molecule has 5 heteroatoms. The highest BCUT2D eigenvalue weighted by Crippen LogP contribution is 2.37. The van der Waals surface area contributed by atoms with Crippen LogP contribution in [0.3, 0.4) is 0 Å². The van der Waals surface area contributed by atoms with Crippen molar-refractivity contribution >= 4 is 17.7 Å². The number of aliphatic carboxylic acids is 1. The average molecular weight is 290 g/mol. The van der Waals surface area contributed by atoms with Crippen molar-refractivity contribution in [3.63, 3.8) is 0 Å². The summed E-state index contributed by atoms with van der Waals surface area (Å²) in [6.07, 6.45) is 3.23. The molecule has 0 saturated heterocycles. The highest BCUT2D eigenvalue weighted by molar-refractivity contribution is 5.95. The van der Waals surface area contributed by atoms with Crippen LogP contribution in [0.1, 0.15) is 44.1 Å². The van der Waals surface area contributed by atoms with Gasteiger partial charge >= 0.3 is 12.0 Å². The number of fused-ring (bicyclic) bond motifs is 1. The summed E-state index contributed by atoms with van der Waals surface area (Å²) in [5.74, 6) is -0.958. The Morgan fingerprint density at radius 3 is 2.81 bits per heavy atom. The van der Waals surface area contributed by atoms with Crippen molar-refractivity contribution in [2.75, 3.05) is 18.0 Å². The third-order valence-corrected chi connectivity index (χ3v) is 3.79. The van der Waals surface area contributed by atoms with Crippen LogP contribution >= 0.6 is 0 Å². The van der Waals surface area contributed by atoms with E-state index in [0.717, 1.165) is 30.5 Å². The normalized spacial score (nSPS) is 16.6. The van der Waals surface area contributed by atoms with E-state index >= 15 is 0 Å². The van der Waals surface area contributed by atoms with Crippen molar-refractivity contribution in [1.82, 2.24) is 5.32 Å². The van der Waals surface area contributed by atoms with Crippen LogP contribution in [0.15, 0.2) is 24.3 Å². The second-order valence-corrected chi connectivity index (χ2v) is 5.40. The topological polar surface area (TPSA) is 69.6 Å². The van der Waals surface area contributed by atoms with Crippen LogP contribution in [-0.4, -0.2) is 30.2 Å². The fourth-order valence-corrected chi connectivity index (χ4v) is 2.74. The van der Waals surface area contributed by atoms with E-state index in [9.17, 15) is 9.59 Å². The lowest BCUT2D eigenvalue weighted by Crippen LogP contribution is -2.39. The van der Waals surface area contributed by atoms with Gasteiger partial charge < -0.3 is 10.4 Å². The number of carboxylic acid groups (broad SMARTS) is 1. The van der Waals surface area contributed by atoms with Crippen LogP contribution in [0.25, 0.3) is 0 Å². The molecule has 21 heavy (non-hydrogen) atoms. The van der Waals surface area contributed by atoms with Crippen LogP contribution in [0, 0.1) is 0 Å². The molecule has 2 N–H and O–H groups in total. The summed E-state index contributed by atoms with van der Waals surface area (Å²) in [4.78, 5) is 24.9. The molecule has 0 radical (unpaired) electrons. The number of urea groups is 1. The van der Waals surface area contributed by atoms with Crippen LogP contribution in [0.2, 0.25) is 0 Å². The van der Waals surface area contributed by atoms with Gasteiger partial charge in [0.05, 0.1) is 6.42 Å². The van der Waals surface area contributed by atoms with Gasteiger partial charge in [-0.15, -0.1) is 0 Å². The maximum atomic E-state index is 12.3. The summed E-state index contributed by atoms with van der Waals surface area (Å²) >= 11 is 0. The molecule has 1 atom stereocenters. The van der Waals surface area contributed by atoms with Gasteiger partial charge in [0.1, 0.15) is 0 Å². The minimum absolute atomic E-state index is 0.0522. The first-order valence-corrected chi connectivity index (χ1v) is 7.49. The van der Waals surface area contributed by atoms with Crippen molar-refractivity contribution in [1.29, 1.82) is 0 Å². The Bertz CT molecular complexity index is 516. The summed E-state index contributed by atoms with van der Waals surface area (Å²) in [7, 11) is 0. The fourth-order valence-electron chi connectivity index (χ4n) is 2.74. The highest BCUT2D eigenvalue weighted by Gasteiger charge is 2.33. The van der Waals surface area contributed by atoms with Gasteiger partial charge in [-0.1, -0.05) is 38.0 Å². The lowest BCUT2D eigenvalue weighted by Gasteiger charge is -2.18. The number of hydrogen-bond acceptors (Lipinski definition) is 2. The molecular weight excluding hydrogens is 268 g/mol. The smallest absolute Gasteiger partial charge is 0.321 e. The molecule has 0 bridgehead atoms. The molecule has 1 aliphatic rings. The number of carbonyl (C=O) groups excluding carboxylic acids is 1. The van der Waals surface area contributed by atoms with Gasteiger partial charge in [-0.2, -0.15) is 0 Å². The van der Waals surface area contributed by atoms with Gasteiger partial charge in [-0.05, 0) is 18.1 Å². The Balaban J connectivity index is 2.04. The van der Waals surface area contributed by atoms with Gasteiger partial charge in [0, 0.05) is 24.7 Å². The standard InChI is InChI=1S/C16H22N2O3/c1-2-3-6-9-17-16(21)18-11-12(10-15(19)20)13-7-4-5-8-14(13)18/h4-5,7-8,12H,2-3,6,9-11H2,1H3,(H,17,21)(H,19,20). The zero-order valence-corrected chi connectivity index (χ0v) is 12.3. The average Bonchev–Trinajstić information content (AvgIpc) is 2.82. The lowest BCUT2D eigenvalue weighted by molar-refractivity contribution is -0.137. The summed E-state index contributed by atoms with van der Waals surface area (Å²) in [6, 6.07) is 7.41. The number of nitrogens with zero attached hydrogens (tertiary/aromatic N) is 1. The predicted molar refractivity (Wildman–Crippen MR) is 81.7 cm³/mol. The fraction of sp³-hybridized carbons (Fsp3) is 0.500. The van der Waals surface area contributed by atoms with Crippen LogP contribution in [-0.2, 0) is 4.79 Å². The third kappa shape index (κ3) is 3.74. The Hall–Kier alpha value is -2.04. The molecule has 0 aliphatic carbocycles. The number of amides is 2. The minimum atomic E-state index is -0.833. The Morgan fingerprint density at radius 1 is 1.33 bits per heavy atom. The summed E-state index contributed by atoms with van der Waals surface area (Å²) in [5.41, 5.74) is 1.78. The van der Waals surface area contributed by atoms with E-state index in [1.165, 1.54) is 0 Å². The highest BCUT2D eigenvalue weighted by atomic mass is 16.4. The van der Waals surface area contributed by atoms with Gasteiger partial charge in [-0.25, -0.2) is 4.79 Å². The second-order valence-electron chi connectivity index (χ2n) is 5.40. The maximum Gasteiger partial charge on any atom is 0.321 e. The van der Waals surface area contributed by atoms with Gasteiger partial charge in [0.15, 0.2) is 0 Å². The third-order valence-electron chi connectivity index (χ3n) is 3.79. The van der Waals surface area contributed by atoms with Crippen molar-refractivity contribution in [3.05, 3.63) is 29.8 Å². The molecule has 0 aromatic heterocycles. The molecular formula is C16H22N2O3. The van der Waals surface area contributed by atoms with E-state index in [2.05, 4.69) is 12.2 Å². The first-order chi connectivity index (χ1) is 10.1. The molecule has 1 aliphatic heterocycles. The second kappa shape index (κ2) is 7.11.